The van der Waals surface area contributed by atoms with E-state index >= 15 is 0 Å². The molecule has 2 amide bonds. The van der Waals surface area contributed by atoms with Crippen LogP contribution >= 0.6 is 0 Å². The summed E-state index contributed by atoms with van der Waals surface area (Å²) in [7, 11) is 1.70. The maximum Gasteiger partial charge on any atom is 0.244 e. The molecule has 0 aliphatic carbocycles. The van der Waals surface area contributed by atoms with Crippen molar-refractivity contribution in [3.05, 3.63) is 0 Å². The van der Waals surface area contributed by atoms with Gasteiger partial charge in [0, 0.05) is 13.6 Å². The summed E-state index contributed by atoms with van der Waals surface area (Å²) in [6, 6.07) is 1.39. The highest BCUT2D eigenvalue weighted by Crippen LogP contribution is 2.09. The first-order valence-electron chi connectivity index (χ1n) is 4.51. The van der Waals surface area contributed by atoms with Crippen molar-refractivity contribution in [1.29, 1.82) is 5.26 Å². The summed E-state index contributed by atoms with van der Waals surface area (Å²) in [6.07, 6.45) is 0.624. The van der Waals surface area contributed by atoms with Gasteiger partial charge in [0.25, 0.3) is 0 Å². The Morgan fingerprint density at radius 1 is 1.79 bits per heavy atom. The molecule has 1 fully saturated rings. The van der Waals surface area contributed by atoms with Gasteiger partial charge in [-0.3, -0.25) is 9.59 Å². The summed E-state index contributed by atoms with van der Waals surface area (Å²) < 4.78 is 0. The predicted molar refractivity (Wildman–Crippen MR) is 49.0 cm³/mol. The number of amides is 2. The van der Waals surface area contributed by atoms with E-state index in [-0.39, 0.29) is 11.8 Å². The van der Waals surface area contributed by atoms with Crippen molar-refractivity contribution in [3.63, 3.8) is 0 Å². The van der Waals surface area contributed by atoms with Crippen LogP contribution < -0.4 is 5.32 Å². The third-order valence-corrected chi connectivity index (χ3v) is 2.33. The minimum absolute atomic E-state index is 0.0801. The lowest BCUT2D eigenvalue weighted by atomic mass is 10.1. The van der Waals surface area contributed by atoms with E-state index < -0.39 is 12.0 Å². The summed E-state index contributed by atoms with van der Waals surface area (Å²) in [5.41, 5.74) is 0. The number of likely N-dealkylation sites (N-methyl/N-ethyl adjacent to an activating group) is 1. The van der Waals surface area contributed by atoms with Gasteiger partial charge in [-0.25, -0.2) is 0 Å². The van der Waals surface area contributed by atoms with Gasteiger partial charge in [-0.05, 0) is 13.3 Å². The number of nitrogens with one attached hydrogen (secondary N) is 1. The molecule has 0 aromatic carbocycles. The van der Waals surface area contributed by atoms with E-state index in [2.05, 4.69) is 5.32 Å². The highest BCUT2D eigenvalue weighted by Gasteiger charge is 2.31. The molecule has 0 aromatic rings. The van der Waals surface area contributed by atoms with E-state index in [9.17, 15) is 9.59 Å². The van der Waals surface area contributed by atoms with Crippen LogP contribution in [0.4, 0.5) is 0 Å². The van der Waals surface area contributed by atoms with Crippen molar-refractivity contribution in [2.45, 2.75) is 19.4 Å². The first-order chi connectivity index (χ1) is 6.56. The Morgan fingerprint density at radius 3 is 2.86 bits per heavy atom. The second kappa shape index (κ2) is 4.09. The maximum absolute atomic E-state index is 11.4. The Kier molecular flexibility index (Phi) is 3.07. The quantitative estimate of drug-likeness (QED) is 0.645. The maximum atomic E-state index is 11.4. The molecule has 0 spiro atoms. The summed E-state index contributed by atoms with van der Waals surface area (Å²) in [5, 5.41) is 11.0. The van der Waals surface area contributed by atoms with Crippen LogP contribution in [0.2, 0.25) is 0 Å². The first-order valence-corrected chi connectivity index (χ1v) is 4.51. The van der Waals surface area contributed by atoms with Crippen LogP contribution in [0.3, 0.4) is 0 Å². The largest absolute Gasteiger partial charge is 0.344 e. The van der Waals surface area contributed by atoms with E-state index in [0.717, 1.165) is 0 Å². The first kappa shape index (κ1) is 10.5. The zero-order valence-electron chi connectivity index (χ0n) is 8.28. The summed E-state index contributed by atoms with van der Waals surface area (Å²) in [6.45, 7) is 2.17. The molecule has 14 heavy (non-hydrogen) atoms. The lowest BCUT2D eigenvalue weighted by molar-refractivity contribution is -0.132. The highest BCUT2D eigenvalue weighted by molar-refractivity contribution is 5.90. The van der Waals surface area contributed by atoms with Crippen LogP contribution in [0.5, 0.6) is 0 Å². The molecule has 0 radical (unpaired) electrons. The van der Waals surface area contributed by atoms with Gasteiger partial charge in [0.1, 0.15) is 12.0 Å². The third-order valence-electron chi connectivity index (χ3n) is 2.33. The minimum atomic E-state index is -0.700. The predicted octanol–water partition coefficient (Wildman–Crippen LogP) is -0.507. The van der Waals surface area contributed by atoms with E-state index in [1.807, 2.05) is 6.07 Å². The van der Waals surface area contributed by atoms with Crippen molar-refractivity contribution in [2.24, 2.45) is 5.92 Å². The van der Waals surface area contributed by atoms with E-state index in [1.54, 1.807) is 11.9 Å². The van der Waals surface area contributed by atoms with Crippen molar-refractivity contribution < 1.29 is 9.59 Å². The summed E-state index contributed by atoms with van der Waals surface area (Å²) >= 11 is 0. The Labute approximate surface area is 82.7 Å². The lowest BCUT2D eigenvalue weighted by Crippen LogP contribution is -2.42. The van der Waals surface area contributed by atoms with Gasteiger partial charge in [-0.2, -0.15) is 5.26 Å². The zero-order chi connectivity index (χ0) is 10.7. The second-order valence-corrected chi connectivity index (χ2v) is 3.46. The molecule has 0 bridgehead atoms. The number of carbonyl (C=O) groups is 2. The van der Waals surface area contributed by atoms with Gasteiger partial charge >= 0.3 is 0 Å². The van der Waals surface area contributed by atoms with Crippen molar-refractivity contribution in [1.82, 2.24) is 10.2 Å². The van der Waals surface area contributed by atoms with E-state index in [4.69, 9.17) is 5.26 Å². The number of rotatable bonds is 2. The molecule has 1 heterocycles. The van der Waals surface area contributed by atoms with E-state index in [0.29, 0.717) is 13.0 Å². The molecule has 76 valence electrons. The SMILES string of the molecule is CC(C#N)C(=O)NC1CCN(C)C1=O. The molecule has 1 aliphatic rings. The third kappa shape index (κ3) is 2.02. The Balaban J connectivity index is 2.51. The number of likely N-dealkylation sites (tertiary alicyclic amines) is 1. The molecule has 1 aliphatic heterocycles. The van der Waals surface area contributed by atoms with Gasteiger partial charge in [0.05, 0.1) is 6.07 Å². The van der Waals surface area contributed by atoms with Crippen LogP contribution in [0.15, 0.2) is 0 Å². The van der Waals surface area contributed by atoms with Crippen molar-refractivity contribution in [2.75, 3.05) is 13.6 Å². The molecule has 1 N–H and O–H groups in total. The second-order valence-electron chi connectivity index (χ2n) is 3.46. The zero-order valence-corrected chi connectivity index (χ0v) is 8.28. The monoisotopic (exact) mass is 195 g/mol. The fourth-order valence-corrected chi connectivity index (χ4v) is 1.31. The molecule has 1 rings (SSSR count). The van der Waals surface area contributed by atoms with Crippen molar-refractivity contribution in [3.8, 4) is 6.07 Å². The standard InChI is InChI=1S/C9H13N3O2/c1-6(5-10)8(13)11-7-3-4-12(2)9(7)14/h6-7H,3-4H2,1-2H3,(H,11,13). The molecule has 5 heteroatoms. The van der Waals surface area contributed by atoms with Gasteiger partial charge in [-0.15, -0.1) is 0 Å². The number of carbonyl (C=O) groups excluding carboxylic acids is 2. The number of nitriles is 1. The molecule has 0 aromatic heterocycles. The highest BCUT2D eigenvalue weighted by atomic mass is 16.2. The summed E-state index contributed by atoms with van der Waals surface area (Å²) in [4.78, 5) is 24.2. The molecule has 2 unspecified atom stereocenters. The molecule has 5 nitrogen and oxygen atoms in total. The van der Waals surface area contributed by atoms with Gasteiger partial charge in [-0.1, -0.05) is 0 Å². The number of hydrogen-bond donors (Lipinski definition) is 1. The molecule has 1 saturated heterocycles. The van der Waals surface area contributed by atoms with Gasteiger partial charge in [0.2, 0.25) is 11.8 Å². The molecular formula is C9H13N3O2. The van der Waals surface area contributed by atoms with Crippen LogP contribution in [0, 0.1) is 17.2 Å². The molecular weight excluding hydrogens is 182 g/mol. The molecule has 0 saturated carbocycles. The van der Waals surface area contributed by atoms with Gasteiger partial charge in [0.15, 0.2) is 0 Å². The average molecular weight is 195 g/mol. The number of hydrogen-bond acceptors (Lipinski definition) is 3. The Bertz CT molecular complexity index is 295. The van der Waals surface area contributed by atoms with Crippen LogP contribution in [0.1, 0.15) is 13.3 Å². The fraction of sp³-hybridized carbons (Fsp3) is 0.667. The summed E-state index contributed by atoms with van der Waals surface area (Å²) in [5.74, 6) is -1.15. The fourth-order valence-electron chi connectivity index (χ4n) is 1.31. The van der Waals surface area contributed by atoms with Crippen LogP contribution in [-0.4, -0.2) is 36.3 Å². The van der Waals surface area contributed by atoms with Crippen LogP contribution in [0.25, 0.3) is 0 Å². The van der Waals surface area contributed by atoms with Crippen LogP contribution in [-0.2, 0) is 9.59 Å². The Morgan fingerprint density at radius 2 is 2.43 bits per heavy atom. The van der Waals surface area contributed by atoms with E-state index in [1.165, 1.54) is 6.92 Å². The smallest absolute Gasteiger partial charge is 0.244 e. The normalized spacial score (nSPS) is 23.1. The minimum Gasteiger partial charge on any atom is -0.344 e. The van der Waals surface area contributed by atoms with Gasteiger partial charge < -0.3 is 10.2 Å². The van der Waals surface area contributed by atoms with Crippen molar-refractivity contribution >= 4 is 11.8 Å². The average Bonchev–Trinajstić information content (AvgIpc) is 2.48. The molecule has 2 atom stereocenters. The lowest BCUT2D eigenvalue weighted by Gasteiger charge is -2.12. The topological polar surface area (TPSA) is 73.2 Å². The number of nitrogens with zero attached hydrogens (tertiary/aromatic N) is 2. The Hall–Kier alpha value is -1.57.